The second kappa shape index (κ2) is 4.73. The van der Waals surface area contributed by atoms with Gasteiger partial charge < -0.3 is 4.98 Å². The molecule has 3 nitrogen and oxygen atoms in total. The number of rotatable bonds is 0. The zero-order valence-corrected chi connectivity index (χ0v) is 9.59. The highest BCUT2D eigenvalue weighted by atomic mass is 16.1. The maximum Gasteiger partial charge on any atom is 0.258 e. The van der Waals surface area contributed by atoms with E-state index in [1.54, 1.807) is 13.0 Å². The van der Waals surface area contributed by atoms with Crippen LogP contribution in [0.3, 0.4) is 0 Å². The van der Waals surface area contributed by atoms with Crippen molar-refractivity contribution in [1.29, 1.82) is 0 Å². The number of hydrogen-bond acceptors (Lipinski definition) is 2. The molecule has 0 aliphatic carbocycles. The second-order valence-electron chi connectivity index (χ2n) is 3.17. The van der Waals surface area contributed by atoms with Crippen LogP contribution >= 0.6 is 0 Å². The molecule has 0 unspecified atom stereocenters. The molecule has 0 spiro atoms. The lowest BCUT2D eigenvalue weighted by Gasteiger charge is -1.98. The molecule has 3 heteroatoms. The lowest BCUT2D eigenvalue weighted by atomic mass is 10.2. The quantitative estimate of drug-likeness (QED) is 0.716. The van der Waals surface area contributed by atoms with E-state index in [-0.39, 0.29) is 5.56 Å². The fourth-order valence-electron chi connectivity index (χ4n) is 1.37. The van der Waals surface area contributed by atoms with E-state index in [9.17, 15) is 4.79 Å². The van der Waals surface area contributed by atoms with Gasteiger partial charge in [-0.15, -0.1) is 0 Å². The molecule has 2 rings (SSSR count). The first-order chi connectivity index (χ1) is 7.16. The Balaban J connectivity index is 0.000000531. The van der Waals surface area contributed by atoms with Gasteiger partial charge in [0.1, 0.15) is 5.82 Å². The van der Waals surface area contributed by atoms with Crippen molar-refractivity contribution in [2.24, 2.45) is 0 Å². The van der Waals surface area contributed by atoms with Crippen LogP contribution in [-0.4, -0.2) is 9.97 Å². The van der Waals surface area contributed by atoms with Gasteiger partial charge in [-0.2, -0.15) is 0 Å². The number of H-pyrrole nitrogens is 1. The highest BCUT2D eigenvalue weighted by Gasteiger charge is 2.00. The van der Waals surface area contributed by atoms with E-state index >= 15 is 0 Å². The number of nitrogens with one attached hydrogen (secondary N) is 1. The van der Waals surface area contributed by atoms with Crippen molar-refractivity contribution in [3.8, 4) is 0 Å². The Kier molecular flexibility index (Phi) is 3.61. The van der Waals surface area contributed by atoms with Crippen LogP contribution in [0.4, 0.5) is 0 Å². The van der Waals surface area contributed by atoms with E-state index in [1.807, 2.05) is 32.9 Å². The number of hydrogen-bond donors (Lipinski definition) is 1. The van der Waals surface area contributed by atoms with Crippen molar-refractivity contribution in [2.45, 2.75) is 27.7 Å². The molecule has 1 aromatic carbocycles. The Morgan fingerprint density at radius 3 is 2.53 bits per heavy atom. The van der Waals surface area contributed by atoms with Crippen LogP contribution in [0.2, 0.25) is 0 Å². The molecule has 0 bridgehead atoms. The number of aryl methyl sites for hydroxylation is 2. The molecular formula is C12H16N2O. The van der Waals surface area contributed by atoms with Crippen LogP contribution in [0.1, 0.15) is 25.2 Å². The number of benzene rings is 1. The molecule has 0 atom stereocenters. The Labute approximate surface area is 89.2 Å². The Hall–Kier alpha value is -1.64. The summed E-state index contributed by atoms with van der Waals surface area (Å²) in [6.45, 7) is 7.76. The third kappa shape index (κ3) is 2.43. The summed E-state index contributed by atoms with van der Waals surface area (Å²) in [6.07, 6.45) is 0. The van der Waals surface area contributed by atoms with Crippen LogP contribution in [-0.2, 0) is 0 Å². The van der Waals surface area contributed by atoms with E-state index in [2.05, 4.69) is 9.97 Å². The number of aromatic nitrogens is 2. The molecule has 0 amide bonds. The van der Waals surface area contributed by atoms with Gasteiger partial charge in [-0.05, 0) is 31.5 Å². The summed E-state index contributed by atoms with van der Waals surface area (Å²) in [6, 6.07) is 5.63. The minimum absolute atomic E-state index is 0.0671. The molecule has 1 heterocycles. The molecule has 2 aromatic rings. The molecule has 15 heavy (non-hydrogen) atoms. The largest absolute Gasteiger partial charge is 0.310 e. The Bertz CT molecular complexity index is 509. The molecule has 1 N–H and O–H groups in total. The van der Waals surface area contributed by atoms with Crippen LogP contribution in [0.25, 0.3) is 10.9 Å². The predicted molar refractivity (Wildman–Crippen MR) is 63.2 cm³/mol. The summed E-state index contributed by atoms with van der Waals surface area (Å²) < 4.78 is 0. The predicted octanol–water partition coefficient (Wildman–Crippen LogP) is 2.57. The minimum atomic E-state index is -0.0671. The van der Waals surface area contributed by atoms with Gasteiger partial charge in [0.15, 0.2) is 0 Å². The number of aromatic amines is 1. The molecular weight excluding hydrogens is 188 g/mol. The third-order valence-corrected chi connectivity index (χ3v) is 1.98. The summed E-state index contributed by atoms with van der Waals surface area (Å²) in [5.74, 6) is 0.656. The summed E-state index contributed by atoms with van der Waals surface area (Å²) in [5, 5.41) is 0.649. The van der Waals surface area contributed by atoms with E-state index in [1.165, 1.54) is 0 Å². The average molecular weight is 204 g/mol. The normalized spacial score (nSPS) is 9.60. The topological polar surface area (TPSA) is 45.8 Å². The minimum Gasteiger partial charge on any atom is -0.310 e. The molecule has 0 saturated carbocycles. The second-order valence-corrected chi connectivity index (χ2v) is 3.17. The van der Waals surface area contributed by atoms with Gasteiger partial charge in [-0.3, -0.25) is 4.79 Å². The van der Waals surface area contributed by atoms with Crippen molar-refractivity contribution < 1.29 is 0 Å². The summed E-state index contributed by atoms with van der Waals surface area (Å²) in [4.78, 5) is 18.3. The van der Waals surface area contributed by atoms with Crippen LogP contribution < -0.4 is 5.56 Å². The van der Waals surface area contributed by atoms with Crippen molar-refractivity contribution in [2.75, 3.05) is 0 Å². The van der Waals surface area contributed by atoms with Crippen LogP contribution in [0.15, 0.2) is 23.0 Å². The van der Waals surface area contributed by atoms with Crippen molar-refractivity contribution >= 4 is 10.9 Å². The Morgan fingerprint density at radius 1 is 1.20 bits per heavy atom. The lowest BCUT2D eigenvalue weighted by Crippen LogP contribution is -2.09. The van der Waals surface area contributed by atoms with E-state index in [0.717, 1.165) is 11.1 Å². The highest BCUT2D eigenvalue weighted by molar-refractivity contribution is 5.77. The van der Waals surface area contributed by atoms with Crippen LogP contribution in [0.5, 0.6) is 0 Å². The fraction of sp³-hybridized carbons (Fsp3) is 0.333. The maximum absolute atomic E-state index is 11.4. The first-order valence-corrected chi connectivity index (χ1v) is 5.14. The van der Waals surface area contributed by atoms with Gasteiger partial charge in [0.25, 0.3) is 5.56 Å². The number of nitrogens with zero attached hydrogens (tertiary/aromatic N) is 1. The SMILES string of the molecule is CC.Cc1ccc2c(=O)[nH]c(C)nc2c1. The van der Waals surface area contributed by atoms with E-state index < -0.39 is 0 Å². The van der Waals surface area contributed by atoms with Crippen molar-refractivity contribution in [1.82, 2.24) is 9.97 Å². The smallest absolute Gasteiger partial charge is 0.258 e. The van der Waals surface area contributed by atoms with Crippen molar-refractivity contribution in [3.05, 3.63) is 39.9 Å². The van der Waals surface area contributed by atoms with Gasteiger partial charge in [-0.25, -0.2) is 4.98 Å². The van der Waals surface area contributed by atoms with Crippen molar-refractivity contribution in [3.63, 3.8) is 0 Å². The standard InChI is InChI=1S/C10H10N2O.C2H6/c1-6-3-4-8-9(5-6)11-7(2)12-10(8)13;1-2/h3-5H,1-2H3,(H,11,12,13);1-2H3. The summed E-state index contributed by atoms with van der Waals surface area (Å²) in [5.41, 5.74) is 1.81. The monoisotopic (exact) mass is 204 g/mol. The molecule has 1 aromatic heterocycles. The zero-order chi connectivity index (χ0) is 11.4. The van der Waals surface area contributed by atoms with Crippen LogP contribution in [0, 0.1) is 13.8 Å². The molecule has 0 saturated heterocycles. The van der Waals surface area contributed by atoms with E-state index in [0.29, 0.717) is 11.2 Å². The van der Waals surface area contributed by atoms with Gasteiger partial charge in [0, 0.05) is 0 Å². The first kappa shape index (κ1) is 11.4. The molecule has 0 aliphatic rings. The molecule has 80 valence electrons. The van der Waals surface area contributed by atoms with Gasteiger partial charge in [-0.1, -0.05) is 19.9 Å². The Morgan fingerprint density at radius 2 is 1.87 bits per heavy atom. The van der Waals surface area contributed by atoms with Gasteiger partial charge >= 0.3 is 0 Å². The van der Waals surface area contributed by atoms with Gasteiger partial charge in [0.05, 0.1) is 10.9 Å². The molecule has 0 aliphatic heterocycles. The fourth-order valence-corrected chi connectivity index (χ4v) is 1.37. The maximum atomic E-state index is 11.4. The molecule has 0 radical (unpaired) electrons. The summed E-state index contributed by atoms with van der Waals surface area (Å²) in [7, 11) is 0. The lowest BCUT2D eigenvalue weighted by molar-refractivity contribution is 1.06. The van der Waals surface area contributed by atoms with E-state index in [4.69, 9.17) is 0 Å². The third-order valence-electron chi connectivity index (χ3n) is 1.98. The number of fused-ring (bicyclic) bond motifs is 1. The zero-order valence-electron chi connectivity index (χ0n) is 9.59. The highest BCUT2D eigenvalue weighted by Crippen LogP contribution is 2.08. The first-order valence-electron chi connectivity index (χ1n) is 5.14. The molecule has 0 fully saturated rings. The van der Waals surface area contributed by atoms with Gasteiger partial charge in [0.2, 0.25) is 0 Å². The summed E-state index contributed by atoms with van der Waals surface area (Å²) >= 11 is 0. The average Bonchev–Trinajstić information content (AvgIpc) is 2.19.